The molecule has 0 aliphatic heterocycles. The Morgan fingerprint density at radius 3 is 2.45 bits per heavy atom. The average Bonchev–Trinajstić information content (AvgIpc) is 2.51. The lowest BCUT2D eigenvalue weighted by molar-refractivity contribution is 0.102. The number of rotatable bonds is 5. The first-order valence-electron chi connectivity index (χ1n) is 7.24. The molecule has 0 bridgehead atoms. The third-order valence-electron chi connectivity index (χ3n) is 3.49. The normalized spacial score (nSPS) is 10.2. The van der Waals surface area contributed by atoms with E-state index in [1.54, 1.807) is 25.3 Å². The van der Waals surface area contributed by atoms with Crippen molar-refractivity contribution in [2.75, 3.05) is 19.0 Å². The standard InChI is InChI=1S/C18H21NO3/c1-5-22-16-9-7-14(11-17(16)21-4)18(20)19-15-8-6-12(2)13(3)10-15/h6-11H,5H2,1-4H3,(H,19,20). The number of carbonyl (C=O) groups is 1. The van der Waals surface area contributed by atoms with Crippen molar-refractivity contribution >= 4 is 11.6 Å². The molecule has 0 unspecified atom stereocenters. The van der Waals surface area contributed by atoms with Crippen LogP contribution in [0.4, 0.5) is 5.69 Å². The molecule has 0 spiro atoms. The fourth-order valence-corrected chi connectivity index (χ4v) is 2.11. The van der Waals surface area contributed by atoms with Crippen molar-refractivity contribution in [3.63, 3.8) is 0 Å². The van der Waals surface area contributed by atoms with Crippen molar-refractivity contribution in [3.05, 3.63) is 53.1 Å². The zero-order valence-electron chi connectivity index (χ0n) is 13.4. The van der Waals surface area contributed by atoms with Crippen LogP contribution in [0.3, 0.4) is 0 Å². The van der Waals surface area contributed by atoms with Crippen molar-refractivity contribution < 1.29 is 14.3 Å². The van der Waals surface area contributed by atoms with Gasteiger partial charge in [0, 0.05) is 11.3 Å². The largest absolute Gasteiger partial charge is 0.493 e. The highest BCUT2D eigenvalue weighted by Crippen LogP contribution is 2.28. The van der Waals surface area contributed by atoms with E-state index in [0.29, 0.717) is 23.7 Å². The number of anilines is 1. The van der Waals surface area contributed by atoms with E-state index in [1.807, 2.05) is 39.0 Å². The molecule has 4 heteroatoms. The third-order valence-corrected chi connectivity index (χ3v) is 3.49. The van der Waals surface area contributed by atoms with Crippen molar-refractivity contribution in [2.45, 2.75) is 20.8 Å². The molecule has 0 aliphatic rings. The molecule has 0 saturated heterocycles. The van der Waals surface area contributed by atoms with Crippen molar-refractivity contribution in [2.24, 2.45) is 0 Å². The van der Waals surface area contributed by atoms with Crippen LogP contribution in [0.15, 0.2) is 36.4 Å². The zero-order valence-corrected chi connectivity index (χ0v) is 13.4. The fraction of sp³-hybridized carbons (Fsp3) is 0.278. The summed E-state index contributed by atoms with van der Waals surface area (Å²) in [5.74, 6) is 1.01. The Labute approximate surface area is 131 Å². The summed E-state index contributed by atoms with van der Waals surface area (Å²) in [5, 5.41) is 2.89. The predicted octanol–water partition coefficient (Wildman–Crippen LogP) is 3.96. The minimum absolute atomic E-state index is 0.176. The first-order chi connectivity index (χ1) is 10.5. The first-order valence-corrected chi connectivity index (χ1v) is 7.24. The van der Waals surface area contributed by atoms with Crippen LogP contribution in [-0.2, 0) is 0 Å². The number of amides is 1. The van der Waals surface area contributed by atoms with E-state index in [0.717, 1.165) is 11.3 Å². The van der Waals surface area contributed by atoms with Crippen LogP contribution in [-0.4, -0.2) is 19.6 Å². The van der Waals surface area contributed by atoms with E-state index in [-0.39, 0.29) is 5.91 Å². The number of hydrogen-bond acceptors (Lipinski definition) is 3. The highest BCUT2D eigenvalue weighted by molar-refractivity contribution is 6.04. The van der Waals surface area contributed by atoms with E-state index >= 15 is 0 Å². The summed E-state index contributed by atoms with van der Waals surface area (Å²) in [7, 11) is 1.56. The minimum Gasteiger partial charge on any atom is -0.493 e. The van der Waals surface area contributed by atoms with Gasteiger partial charge in [-0.2, -0.15) is 0 Å². The molecule has 4 nitrogen and oxygen atoms in total. The lowest BCUT2D eigenvalue weighted by Gasteiger charge is -2.11. The quantitative estimate of drug-likeness (QED) is 0.909. The second kappa shape index (κ2) is 6.98. The second-order valence-corrected chi connectivity index (χ2v) is 5.05. The summed E-state index contributed by atoms with van der Waals surface area (Å²) >= 11 is 0. The topological polar surface area (TPSA) is 47.6 Å². The fourth-order valence-electron chi connectivity index (χ4n) is 2.11. The van der Waals surface area contributed by atoms with Gasteiger partial charge < -0.3 is 14.8 Å². The Kier molecular flexibility index (Phi) is 5.04. The van der Waals surface area contributed by atoms with Gasteiger partial charge in [0.25, 0.3) is 5.91 Å². The lowest BCUT2D eigenvalue weighted by atomic mass is 10.1. The van der Waals surface area contributed by atoms with Crippen molar-refractivity contribution in [3.8, 4) is 11.5 Å². The molecule has 22 heavy (non-hydrogen) atoms. The van der Waals surface area contributed by atoms with E-state index in [2.05, 4.69) is 5.32 Å². The van der Waals surface area contributed by atoms with Gasteiger partial charge in [0.15, 0.2) is 11.5 Å². The Balaban J connectivity index is 2.20. The van der Waals surface area contributed by atoms with E-state index in [1.165, 1.54) is 5.56 Å². The van der Waals surface area contributed by atoms with Gasteiger partial charge in [0.1, 0.15) is 0 Å². The SMILES string of the molecule is CCOc1ccc(C(=O)Nc2ccc(C)c(C)c2)cc1OC. The Hall–Kier alpha value is -2.49. The molecular formula is C18H21NO3. The number of aryl methyl sites for hydroxylation is 2. The van der Waals surface area contributed by atoms with Crippen LogP contribution >= 0.6 is 0 Å². The minimum atomic E-state index is -0.176. The monoisotopic (exact) mass is 299 g/mol. The molecular weight excluding hydrogens is 278 g/mol. The van der Waals surface area contributed by atoms with E-state index in [9.17, 15) is 4.79 Å². The van der Waals surface area contributed by atoms with Gasteiger partial charge >= 0.3 is 0 Å². The molecule has 1 amide bonds. The summed E-state index contributed by atoms with van der Waals surface area (Å²) < 4.78 is 10.7. The summed E-state index contributed by atoms with van der Waals surface area (Å²) in [4.78, 5) is 12.3. The first kappa shape index (κ1) is 15.9. The van der Waals surface area contributed by atoms with Gasteiger partial charge in [-0.05, 0) is 62.2 Å². The Morgan fingerprint density at radius 2 is 1.82 bits per heavy atom. The molecule has 116 valence electrons. The molecule has 0 atom stereocenters. The van der Waals surface area contributed by atoms with Gasteiger partial charge in [0.2, 0.25) is 0 Å². The van der Waals surface area contributed by atoms with Crippen molar-refractivity contribution in [1.29, 1.82) is 0 Å². The molecule has 0 fully saturated rings. The zero-order chi connectivity index (χ0) is 16.1. The highest BCUT2D eigenvalue weighted by atomic mass is 16.5. The lowest BCUT2D eigenvalue weighted by Crippen LogP contribution is -2.12. The maximum Gasteiger partial charge on any atom is 0.255 e. The molecule has 2 aromatic carbocycles. The maximum absolute atomic E-state index is 12.3. The van der Waals surface area contributed by atoms with Crippen LogP contribution in [0.5, 0.6) is 11.5 Å². The summed E-state index contributed by atoms with van der Waals surface area (Å²) in [5.41, 5.74) is 3.64. The molecule has 0 radical (unpaired) electrons. The Bertz CT molecular complexity index is 680. The van der Waals surface area contributed by atoms with Crippen LogP contribution in [0, 0.1) is 13.8 Å². The molecule has 2 rings (SSSR count). The van der Waals surface area contributed by atoms with Gasteiger partial charge in [-0.1, -0.05) is 6.07 Å². The van der Waals surface area contributed by atoms with Crippen LogP contribution in [0.2, 0.25) is 0 Å². The van der Waals surface area contributed by atoms with Crippen LogP contribution in [0.25, 0.3) is 0 Å². The average molecular weight is 299 g/mol. The van der Waals surface area contributed by atoms with Crippen molar-refractivity contribution in [1.82, 2.24) is 0 Å². The van der Waals surface area contributed by atoms with Crippen LogP contribution < -0.4 is 14.8 Å². The summed E-state index contributed by atoms with van der Waals surface area (Å²) in [6, 6.07) is 11.0. The van der Waals surface area contributed by atoms with Gasteiger partial charge in [0.05, 0.1) is 13.7 Å². The number of hydrogen-bond donors (Lipinski definition) is 1. The smallest absolute Gasteiger partial charge is 0.255 e. The molecule has 2 aromatic rings. The summed E-state index contributed by atoms with van der Waals surface area (Å²) in [6.45, 7) is 6.51. The van der Waals surface area contributed by atoms with Crippen LogP contribution in [0.1, 0.15) is 28.4 Å². The molecule has 0 aromatic heterocycles. The second-order valence-electron chi connectivity index (χ2n) is 5.05. The Morgan fingerprint density at radius 1 is 1.05 bits per heavy atom. The van der Waals surface area contributed by atoms with Gasteiger partial charge in [-0.3, -0.25) is 4.79 Å². The number of benzene rings is 2. The number of nitrogens with one attached hydrogen (secondary N) is 1. The number of carbonyl (C=O) groups excluding carboxylic acids is 1. The van der Waals surface area contributed by atoms with Gasteiger partial charge in [-0.25, -0.2) is 0 Å². The third kappa shape index (κ3) is 3.58. The van der Waals surface area contributed by atoms with E-state index in [4.69, 9.17) is 9.47 Å². The maximum atomic E-state index is 12.3. The number of methoxy groups -OCH3 is 1. The predicted molar refractivity (Wildman–Crippen MR) is 88.0 cm³/mol. The number of ether oxygens (including phenoxy) is 2. The summed E-state index contributed by atoms with van der Waals surface area (Å²) in [6.07, 6.45) is 0. The molecule has 0 saturated carbocycles. The van der Waals surface area contributed by atoms with Gasteiger partial charge in [-0.15, -0.1) is 0 Å². The molecule has 0 heterocycles. The molecule has 0 aliphatic carbocycles. The van der Waals surface area contributed by atoms with E-state index < -0.39 is 0 Å². The molecule has 1 N–H and O–H groups in total. The highest BCUT2D eigenvalue weighted by Gasteiger charge is 2.11.